The van der Waals surface area contributed by atoms with Crippen molar-refractivity contribution in [3.8, 4) is 11.3 Å². The third-order valence-electron chi connectivity index (χ3n) is 19.1. The molecule has 86 heavy (non-hydrogen) atoms. The normalized spacial score (nSPS) is 21.6. The van der Waals surface area contributed by atoms with E-state index in [9.17, 15) is 28.8 Å². The molecule has 0 bridgehead atoms. The fourth-order valence-electron chi connectivity index (χ4n) is 14.2. The summed E-state index contributed by atoms with van der Waals surface area (Å²) in [5.74, 6) is -2.51. The van der Waals surface area contributed by atoms with E-state index in [4.69, 9.17) is 9.97 Å². The first-order valence-electron chi connectivity index (χ1n) is 30.6. The Hall–Kier alpha value is -8.36. The Morgan fingerprint density at radius 1 is 0.779 bits per heavy atom. The van der Waals surface area contributed by atoms with Crippen molar-refractivity contribution in [3.63, 3.8) is 0 Å². The molecule has 13 rings (SSSR count). The summed E-state index contributed by atoms with van der Waals surface area (Å²) in [6.07, 6.45) is 8.33. The Morgan fingerprint density at radius 2 is 1.51 bits per heavy atom. The van der Waals surface area contributed by atoms with Gasteiger partial charge in [-0.15, -0.1) is 0 Å². The Morgan fingerprint density at radius 3 is 2.22 bits per heavy atom. The van der Waals surface area contributed by atoms with Crippen LogP contribution in [0.1, 0.15) is 150 Å². The number of piperidine rings is 3. The van der Waals surface area contributed by atoms with E-state index in [1.54, 1.807) is 25.4 Å². The van der Waals surface area contributed by atoms with Crippen LogP contribution in [-0.2, 0) is 26.3 Å². The minimum Gasteiger partial charge on any atom is -0.369 e. The van der Waals surface area contributed by atoms with Gasteiger partial charge in [0.15, 0.2) is 5.82 Å². The van der Waals surface area contributed by atoms with Crippen LogP contribution >= 0.6 is 0 Å². The fraction of sp³-hybridized carbons (Fsp3) is 0.439. The van der Waals surface area contributed by atoms with E-state index >= 15 is 9.18 Å². The SMILES string of the molecule is Cc1cc(F)c(Nc2nc(-c3ccc4c(c3)N(C3CC(N5CCCCC5)C3)C(=O)C43CCN(C(=O)c4ccc(CN5CCN(c6ccc7c(c6)C(=O)N(C6CCC(=O)NC6=O)C7=O)CC5)cc4)CC3)cc3ncn(C(C)C)c23)cc1C(=O)NC(C)C. The Labute approximate surface area is 499 Å². The van der Waals surface area contributed by atoms with Crippen molar-refractivity contribution in [1.29, 1.82) is 0 Å². The molecular weight excluding hydrogens is 1090 g/mol. The highest BCUT2D eigenvalue weighted by molar-refractivity contribution is 6.24. The Bertz CT molecular complexity index is 3760. The molecule has 7 aliphatic rings. The van der Waals surface area contributed by atoms with Crippen LogP contribution in [0.15, 0.2) is 85.2 Å². The molecule has 4 saturated heterocycles. The molecule has 5 fully saturated rings. The zero-order valence-electron chi connectivity index (χ0n) is 49.5. The zero-order chi connectivity index (χ0) is 59.9. The highest BCUT2D eigenvalue weighted by Crippen LogP contribution is 2.52. The number of amides is 7. The first-order valence-corrected chi connectivity index (χ1v) is 30.6. The van der Waals surface area contributed by atoms with Gasteiger partial charge >= 0.3 is 0 Å². The van der Waals surface area contributed by atoms with Crippen LogP contribution in [-0.4, -0.2) is 152 Å². The number of nitrogens with one attached hydrogen (secondary N) is 3. The molecule has 1 aliphatic carbocycles. The summed E-state index contributed by atoms with van der Waals surface area (Å²) in [6, 6.07) is 23.4. The molecular formula is C66H73FN12O7. The van der Waals surface area contributed by atoms with Crippen LogP contribution in [0.3, 0.4) is 0 Å². The number of hydrogen-bond donors (Lipinski definition) is 3. The molecule has 20 heteroatoms. The second-order valence-corrected chi connectivity index (χ2v) is 25.2. The zero-order valence-corrected chi connectivity index (χ0v) is 49.5. The summed E-state index contributed by atoms with van der Waals surface area (Å²) >= 11 is 0. The number of aromatic nitrogens is 3. The topological polar surface area (TPSA) is 206 Å². The van der Waals surface area contributed by atoms with E-state index in [-0.39, 0.29) is 65.5 Å². The van der Waals surface area contributed by atoms with Crippen molar-refractivity contribution in [3.05, 3.63) is 130 Å². The maximum atomic E-state index is 16.0. The molecule has 1 unspecified atom stereocenters. The van der Waals surface area contributed by atoms with Gasteiger partial charge in [0.25, 0.3) is 23.6 Å². The summed E-state index contributed by atoms with van der Waals surface area (Å²) < 4.78 is 18.0. The lowest BCUT2D eigenvalue weighted by Crippen LogP contribution is -2.58. The monoisotopic (exact) mass is 1160 g/mol. The van der Waals surface area contributed by atoms with Crippen molar-refractivity contribution in [2.45, 2.75) is 135 Å². The first-order chi connectivity index (χ1) is 41.4. The van der Waals surface area contributed by atoms with Crippen molar-refractivity contribution in [2.24, 2.45) is 0 Å². The van der Waals surface area contributed by atoms with Crippen LogP contribution < -0.4 is 25.8 Å². The van der Waals surface area contributed by atoms with E-state index in [1.807, 2.05) is 79.6 Å². The molecule has 1 atom stereocenters. The number of anilines is 4. The summed E-state index contributed by atoms with van der Waals surface area (Å²) in [4.78, 5) is 116. The van der Waals surface area contributed by atoms with Gasteiger partial charge in [-0.25, -0.2) is 14.4 Å². The number of imide groups is 2. The van der Waals surface area contributed by atoms with Crippen LogP contribution in [0.4, 0.5) is 27.3 Å². The number of benzene rings is 4. The fourth-order valence-corrected chi connectivity index (χ4v) is 14.2. The molecule has 8 heterocycles. The van der Waals surface area contributed by atoms with E-state index in [0.717, 1.165) is 72.0 Å². The maximum Gasteiger partial charge on any atom is 0.262 e. The van der Waals surface area contributed by atoms with E-state index in [1.165, 1.54) is 31.4 Å². The number of hydrogen-bond acceptors (Lipinski definition) is 13. The summed E-state index contributed by atoms with van der Waals surface area (Å²) in [5.41, 5.74) is 7.74. The molecule has 3 N–H and O–H groups in total. The second kappa shape index (κ2) is 22.5. The molecule has 2 aromatic heterocycles. The number of halogens is 1. The number of rotatable bonds is 13. The van der Waals surface area contributed by atoms with Gasteiger partial charge in [-0.3, -0.25) is 48.7 Å². The molecule has 6 aliphatic heterocycles. The van der Waals surface area contributed by atoms with Gasteiger partial charge in [-0.1, -0.05) is 30.7 Å². The second-order valence-electron chi connectivity index (χ2n) is 25.2. The first kappa shape index (κ1) is 56.8. The van der Waals surface area contributed by atoms with Crippen molar-refractivity contribution in [2.75, 3.05) is 67.5 Å². The van der Waals surface area contributed by atoms with E-state index in [2.05, 4.69) is 47.7 Å². The average molecular weight is 1170 g/mol. The van der Waals surface area contributed by atoms with Crippen molar-refractivity contribution in [1.82, 2.24) is 44.8 Å². The Balaban J connectivity index is 0.701. The van der Waals surface area contributed by atoms with Gasteiger partial charge in [0.05, 0.1) is 39.8 Å². The molecule has 6 aromatic rings. The molecule has 19 nitrogen and oxygen atoms in total. The van der Waals surface area contributed by atoms with Gasteiger partial charge in [0, 0.05) is 104 Å². The largest absolute Gasteiger partial charge is 0.369 e. The predicted molar refractivity (Wildman–Crippen MR) is 324 cm³/mol. The van der Waals surface area contributed by atoms with Gasteiger partial charge < -0.3 is 34.8 Å². The molecule has 446 valence electrons. The maximum absolute atomic E-state index is 16.0. The lowest BCUT2D eigenvalue weighted by molar-refractivity contribution is -0.136. The third-order valence-corrected chi connectivity index (χ3v) is 19.1. The van der Waals surface area contributed by atoms with Crippen LogP contribution in [0, 0.1) is 12.7 Å². The summed E-state index contributed by atoms with van der Waals surface area (Å²) in [5, 5.41) is 8.45. The number of aryl methyl sites for hydroxylation is 1. The number of nitrogens with zero attached hydrogens (tertiary/aromatic N) is 9. The summed E-state index contributed by atoms with van der Waals surface area (Å²) in [6.45, 7) is 16.1. The third kappa shape index (κ3) is 10.2. The highest BCUT2D eigenvalue weighted by Gasteiger charge is 2.56. The lowest BCUT2D eigenvalue weighted by atomic mass is 9.73. The molecule has 7 amide bonds. The molecule has 1 saturated carbocycles. The number of carbonyl (C=O) groups excluding carboxylic acids is 7. The van der Waals surface area contributed by atoms with Gasteiger partial charge in [0.2, 0.25) is 17.7 Å². The van der Waals surface area contributed by atoms with Gasteiger partial charge in [0.1, 0.15) is 17.4 Å². The van der Waals surface area contributed by atoms with E-state index in [0.29, 0.717) is 90.8 Å². The summed E-state index contributed by atoms with van der Waals surface area (Å²) in [7, 11) is 0. The molecule has 1 spiro atoms. The van der Waals surface area contributed by atoms with Crippen LogP contribution in [0.5, 0.6) is 0 Å². The Kier molecular flexibility index (Phi) is 14.8. The van der Waals surface area contributed by atoms with Crippen LogP contribution in [0.25, 0.3) is 22.3 Å². The van der Waals surface area contributed by atoms with Gasteiger partial charge in [-0.2, -0.15) is 0 Å². The number of likely N-dealkylation sites (tertiary alicyclic amines) is 2. The standard InChI is InChI=1S/C66H73FN12O7/c1-38(2)69-60(81)48-34-53(51(67)29-40(48)5)71-59-58-54(68-37-77(58)39(3)4)35-52(70-59)43-13-16-50-56(30-43)78(46-31-45(32-46)74-21-7-6-8-22-74)65(86)66(50)19-23-76(24-20-66)62(83)42-11-9-41(10-12-42)36-73-25-27-75(28-26-73)44-14-15-47-49(33-44)64(85)79(63(47)84)55-17-18-57(80)72-61(55)82/h9-16,29-30,33-35,37-39,45-46,55H,6-8,17-28,31-32,36H2,1-5H3,(H,69,81)(H,70,71)(H,72,80,82). The number of piperazine rings is 1. The lowest BCUT2D eigenvalue weighted by Gasteiger charge is -2.48. The number of fused-ring (bicyclic) bond motifs is 4. The molecule has 4 aromatic carbocycles. The number of carbonyl (C=O) groups is 7. The van der Waals surface area contributed by atoms with Crippen LogP contribution in [0.2, 0.25) is 0 Å². The average Bonchev–Trinajstić information content (AvgIpc) is 1.81. The number of imidazole rings is 1. The minimum absolute atomic E-state index is 0.00652. The minimum atomic E-state index is -1.02. The number of pyridine rings is 1. The molecule has 0 radical (unpaired) electrons. The van der Waals surface area contributed by atoms with Crippen molar-refractivity contribution >= 4 is 75.3 Å². The highest BCUT2D eigenvalue weighted by atomic mass is 19.1. The quantitative estimate of drug-likeness (QED) is 0.0933. The van der Waals surface area contributed by atoms with Crippen molar-refractivity contribution < 1.29 is 38.0 Å². The van der Waals surface area contributed by atoms with E-state index < -0.39 is 40.9 Å². The smallest absolute Gasteiger partial charge is 0.262 e. The van der Waals surface area contributed by atoms with Gasteiger partial charge in [-0.05, 0) is 164 Å². The predicted octanol–water partition coefficient (Wildman–Crippen LogP) is 8.27.